The minimum absolute atomic E-state index is 0.235. The van der Waals surface area contributed by atoms with Crippen molar-refractivity contribution in [3.63, 3.8) is 0 Å². The van der Waals surface area contributed by atoms with Gasteiger partial charge in [-0.25, -0.2) is 0 Å². The second-order valence-electron chi connectivity index (χ2n) is 7.50. The summed E-state index contributed by atoms with van der Waals surface area (Å²) in [7, 11) is 0. The van der Waals surface area contributed by atoms with Gasteiger partial charge in [0.1, 0.15) is 0 Å². The molecule has 21 heavy (non-hydrogen) atoms. The SMILES string of the molecule is CCN(Cc1ccc(C(C)(C)C)cc1)C1CCCC1CN. The van der Waals surface area contributed by atoms with E-state index < -0.39 is 0 Å². The summed E-state index contributed by atoms with van der Waals surface area (Å²) in [6.45, 7) is 12.1. The Balaban J connectivity index is 2.05. The number of rotatable bonds is 5. The van der Waals surface area contributed by atoms with E-state index in [1.165, 1.54) is 30.4 Å². The van der Waals surface area contributed by atoms with Crippen molar-refractivity contribution in [3.8, 4) is 0 Å². The first-order valence-corrected chi connectivity index (χ1v) is 8.49. The maximum Gasteiger partial charge on any atom is 0.0236 e. The van der Waals surface area contributed by atoms with Gasteiger partial charge < -0.3 is 5.73 Å². The van der Waals surface area contributed by atoms with Crippen LogP contribution in [-0.2, 0) is 12.0 Å². The molecule has 118 valence electrons. The lowest BCUT2D eigenvalue weighted by molar-refractivity contribution is 0.162. The van der Waals surface area contributed by atoms with E-state index in [1.807, 2.05) is 0 Å². The van der Waals surface area contributed by atoms with Crippen LogP contribution >= 0.6 is 0 Å². The van der Waals surface area contributed by atoms with Crippen molar-refractivity contribution in [2.24, 2.45) is 11.7 Å². The van der Waals surface area contributed by atoms with E-state index in [1.54, 1.807) is 0 Å². The van der Waals surface area contributed by atoms with Gasteiger partial charge in [-0.2, -0.15) is 0 Å². The van der Waals surface area contributed by atoms with Gasteiger partial charge in [0.25, 0.3) is 0 Å². The van der Waals surface area contributed by atoms with Gasteiger partial charge in [-0.15, -0.1) is 0 Å². The minimum atomic E-state index is 0.235. The Hall–Kier alpha value is -0.860. The van der Waals surface area contributed by atoms with E-state index in [0.717, 1.165) is 19.6 Å². The zero-order chi connectivity index (χ0) is 15.5. The van der Waals surface area contributed by atoms with E-state index in [4.69, 9.17) is 5.73 Å². The Morgan fingerprint density at radius 1 is 1.14 bits per heavy atom. The second-order valence-corrected chi connectivity index (χ2v) is 7.50. The predicted octanol–water partition coefficient (Wildman–Crippen LogP) is 3.93. The molecule has 0 aromatic heterocycles. The molecule has 2 unspecified atom stereocenters. The van der Waals surface area contributed by atoms with Crippen molar-refractivity contribution in [1.82, 2.24) is 4.90 Å². The topological polar surface area (TPSA) is 29.3 Å². The fourth-order valence-electron chi connectivity index (χ4n) is 3.58. The summed E-state index contributed by atoms with van der Waals surface area (Å²) in [5.41, 5.74) is 9.02. The summed E-state index contributed by atoms with van der Waals surface area (Å²) in [6, 6.07) is 9.86. The van der Waals surface area contributed by atoms with Gasteiger partial charge in [0.15, 0.2) is 0 Å². The summed E-state index contributed by atoms with van der Waals surface area (Å²) in [4.78, 5) is 2.62. The van der Waals surface area contributed by atoms with Crippen LogP contribution in [0, 0.1) is 5.92 Å². The molecule has 1 aromatic rings. The lowest BCUT2D eigenvalue weighted by Crippen LogP contribution is -2.39. The van der Waals surface area contributed by atoms with E-state index in [-0.39, 0.29) is 5.41 Å². The number of nitrogens with zero attached hydrogens (tertiary/aromatic N) is 1. The van der Waals surface area contributed by atoms with Crippen LogP contribution < -0.4 is 5.73 Å². The summed E-state index contributed by atoms with van der Waals surface area (Å²) in [5.74, 6) is 0.693. The Bertz CT molecular complexity index is 430. The monoisotopic (exact) mass is 288 g/mol. The lowest BCUT2D eigenvalue weighted by atomic mass is 9.86. The molecular formula is C19H32N2. The number of nitrogens with two attached hydrogens (primary N) is 1. The molecule has 1 fully saturated rings. The van der Waals surface area contributed by atoms with E-state index in [0.29, 0.717) is 12.0 Å². The summed E-state index contributed by atoms with van der Waals surface area (Å²) >= 11 is 0. The first-order valence-electron chi connectivity index (χ1n) is 8.49. The Morgan fingerprint density at radius 3 is 2.33 bits per heavy atom. The van der Waals surface area contributed by atoms with Crippen molar-refractivity contribution >= 4 is 0 Å². The third-order valence-electron chi connectivity index (χ3n) is 5.00. The van der Waals surface area contributed by atoms with Gasteiger partial charge in [0.2, 0.25) is 0 Å². The third-order valence-corrected chi connectivity index (χ3v) is 5.00. The van der Waals surface area contributed by atoms with Gasteiger partial charge in [-0.1, -0.05) is 58.4 Å². The highest BCUT2D eigenvalue weighted by Crippen LogP contribution is 2.30. The van der Waals surface area contributed by atoms with E-state index >= 15 is 0 Å². The van der Waals surface area contributed by atoms with Crippen LogP contribution in [0.5, 0.6) is 0 Å². The second kappa shape index (κ2) is 6.93. The number of hydrogen-bond donors (Lipinski definition) is 1. The highest BCUT2D eigenvalue weighted by molar-refractivity contribution is 5.27. The quantitative estimate of drug-likeness (QED) is 0.889. The molecule has 0 aliphatic heterocycles. The maximum absolute atomic E-state index is 5.95. The van der Waals surface area contributed by atoms with E-state index in [9.17, 15) is 0 Å². The fourth-order valence-corrected chi connectivity index (χ4v) is 3.58. The molecule has 0 heterocycles. The van der Waals surface area contributed by atoms with Gasteiger partial charge in [0.05, 0.1) is 0 Å². The molecule has 1 saturated carbocycles. The fraction of sp³-hybridized carbons (Fsp3) is 0.684. The molecule has 0 amide bonds. The van der Waals surface area contributed by atoms with Crippen molar-refractivity contribution in [3.05, 3.63) is 35.4 Å². The molecule has 2 rings (SSSR count). The van der Waals surface area contributed by atoms with Crippen molar-refractivity contribution < 1.29 is 0 Å². The summed E-state index contributed by atoms with van der Waals surface area (Å²) in [5, 5.41) is 0. The first kappa shape index (κ1) is 16.5. The van der Waals surface area contributed by atoms with E-state index in [2.05, 4.69) is 56.9 Å². The highest BCUT2D eigenvalue weighted by atomic mass is 15.2. The van der Waals surface area contributed by atoms with Gasteiger partial charge in [-0.3, -0.25) is 4.90 Å². The molecule has 2 heteroatoms. The van der Waals surface area contributed by atoms with Crippen molar-refractivity contribution in [1.29, 1.82) is 0 Å². The molecule has 2 nitrogen and oxygen atoms in total. The molecule has 2 atom stereocenters. The first-order chi connectivity index (χ1) is 9.95. The van der Waals surface area contributed by atoms with Crippen LogP contribution in [0.1, 0.15) is 58.1 Å². The smallest absolute Gasteiger partial charge is 0.0236 e. The maximum atomic E-state index is 5.95. The number of hydrogen-bond acceptors (Lipinski definition) is 2. The lowest BCUT2D eigenvalue weighted by Gasteiger charge is -2.32. The average molecular weight is 288 g/mol. The molecule has 2 N–H and O–H groups in total. The van der Waals surface area contributed by atoms with Gasteiger partial charge in [0, 0.05) is 12.6 Å². The molecule has 0 saturated heterocycles. The molecule has 0 radical (unpaired) electrons. The largest absolute Gasteiger partial charge is 0.330 e. The van der Waals surface area contributed by atoms with Crippen LogP contribution in [0.15, 0.2) is 24.3 Å². The van der Waals surface area contributed by atoms with Crippen LogP contribution in [0.3, 0.4) is 0 Å². The van der Waals surface area contributed by atoms with Crippen LogP contribution in [0.25, 0.3) is 0 Å². The molecule has 1 aromatic carbocycles. The Morgan fingerprint density at radius 2 is 1.81 bits per heavy atom. The molecule has 0 spiro atoms. The third kappa shape index (κ3) is 4.08. The Labute approximate surface area is 130 Å². The minimum Gasteiger partial charge on any atom is -0.330 e. The Kier molecular flexibility index (Phi) is 5.45. The summed E-state index contributed by atoms with van der Waals surface area (Å²) in [6.07, 6.45) is 3.96. The average Bonchev–Trinajstić information content (AvgIpc) is 2.92. The van der Waals surface area contributed by atoms with Crippen LogP contribution in [0.2, 0.25) is 0 Å². The number of benzene rings is 1. The van der Waals surface area contributed by atoms with Crippen LogP contribution in [-0.4, -0.2) is 24.0 Å². The summed E-state index contributed by atoms with van der Waals surface area (Å²) < 4.78 is 0. The van der Waals surface area contributed by atoms with Gasteiger partial charge in [-0.05, 0) is 48.4 Å². The molecular weight excluding hydrogens is 256 g/mol. The van der Waals surface area contributed by atoms with Gasteiger partial charge >= 0.3 is 0 Å². The normalized spacial score (nSPS) is 23.0. The standard InChI is InChI=1S/C19H32N2/c1-5-21(18-8-6-7-16(18)13-20)14-15-9-11-17(12-10-15)19(2,3)4/h9-12,16,18H,5-8,13-14,20H2,1-4H3. The zero-order valence-corrected chi connectivity index (χ0v) is 14.2. The van der Waals surface area contributed by atoms with Crippen molar-refractivity contribution in [2.75, 3.05) is 13.1 Å². The highest BCUT2D eigenvalue weighted by Gasteiger charge is 2.30. The molecule has 1 aliphatic carbocycles. The van der Waals surface area contributed by atoms with Crippen LogP contribution in [0.4, 0.5) is 0 Å². The predicted molar refractivity (Wildman–Crippen MR) is 91.4 cm³/mol. The zero-order valence-electron chi connectivity index (χ0n) is 14.2. The molecule has 1 aliphatic rings. The van der Waals surface area contributed by atoms with Crippen molar-refractivity contribution in [2.45, 2.75) is 65.0 Å². The molecule has 0 bridgehead atoms.